The summed E-state index contributed by atoms with van der Waals surface area (Å²) in [5.41, 5.74) is 0.201. The number of benzene rings is 1. The van der Waals surface area contributed by atoms with Crippen molar-refractivity contribution in [2.24, 2.45) is 11.3 Å². The maximum absolute atomic E-state index is 13.8. The Morgan fingerprint density at radius 1 is 1.06 bits per heavy atom. The lowest BCUT2D eigenvalue weighted by Crippen LogP contribution is -2.59. The molecule has 0 saturated carbocycles. The molecule has 0 aliphatic rings. The maximum atomic E-state index is 13.8. The van der Waals surface area contributed by atoms with E-state index in [0.29, 0.717) is 5.57 Å². The van der Waals surface area contributed by atoms with Crippen molar-refractivity contribution < 1.29 is 23.9 Å². The molecule has 0 aliphatic carbocycles. The Balaban J connectivity index is 3.28. The molecule has 7 nitrogen and oxygen atoms in total. The van der Waals surface area contributed by atoms with Gasteiger partial charge in [0.1, 0.15) is 12.1 Å². The van der Waals surface area contributed by atoms with Gasteiger partial charge >= 0.3 is 5.97 Å². The van der Waals surface area contributed by atoms with Gasteiger partial charge < -0.3 is 19.7 Å². The number of nitrogens with one attached hydrogen (secondary N) is 1. The smallest absolute Gasteiger partial charge is 0.333 e. The van der Waals surface area contributed by atoms with Crippen LogP contribution in [0, 0.1) is 11.3 Å². The van der Waals surface area contributed by atoms with Crippen LogP contribution in [-0.4, -0.2) is 61.6 Å². The molecular formula is C29H46N2O5. The van der Waals surface area contributed by atoms with E-state index in [4.69, 9.17) is 9.47 Å². The van der Waals surface area contributed by atoms with Gasteiger partial charge in [0.25, 0.3) is 5.91 Å². The van der Waals surface area contributed by atoms with Crippen LogP contribution < -0.4 is 5.32 Å². The first-order chi connectivity index (χ1) is 16.6. The first-order valence-corrected chi connectivity index (χ1v) is 12.6. The lowest BCUT2D eigenvalue weighted by molar-refractivity contribution is -0.144. The van der Waals surface area contributed by atoms with Crippen LogP contribution in [0.15, 0.2) is 42.0 Å². The number of amides is 2. The molecule has 0 unspecified atom stereocenters. The minimum absolute atomic E-state index is 0.0309. The summed E-state index contributed by atoms with van der Waals surface area (Å²) in [6.45, 7) is 17.3. The summed E-state index contributed by atoms with van der Waals surface area (Å²) < 4.78 is 10.8. The van der Waals surface area contributed by atoms with E-state index in [1.54, 1.807) is 31.9 Å². The summed E-state index contributed by atoms with van der Waals surface area (Å²) in [6, 6.07) is 8.54. The average Bonchev–Trinajstić information content (AvgIpc) is 2.80. The zero-order chi connectivity index (χ0) is 27.8. The number of methoxy groups -OCH3 is 1. The monoisotopic (exact) mass is 502 g/mol. The summed E-state index contributed by atoms with van der Waals surface area (Å²) in [6.07, 6.45) is 0.952. The van der Waals surface area contributed by atoms with E-state index in [0.717, 1.165) is 5.56 Å². The highest BCUT2D eigenvalue weighted by molar-refractivity contribution is 5.91. The molecule has 1 N–H and O–H groups in total. The number of nitrogens with zero attached hydrogens (tertiary/aromatic N) is 1. The predicted octanol–water partition coefficient (Wildman–Crippen LogP) is 4.50. The van der Waals surface area contributed by atoms with Gasteiger partial charge in [0, 0.05) is 25.1 Å². The fourth-order valence-corrected chi connectivity index (χ4v) is 4.29. The largest absolute Gasteiger partial charge is 0.463 e. The highest BCUT2D eigenvalue weighted by Gasteiger charge is 2.42. The number of carbonyl (C=O) groups is 3. The van der Waals surface area contributed by atoms with E-state index in [-0.39, 0.29) is 30.4 Å². The van der Waals surface area contributed by atoms with E-state index < -0.39 is 28.9 Å². The molecule has 0 aromatic heterocycles. The molecule has 0 fully saturated rings. The summed E-state index contributed by atoms with van der Waals surface area (Å²) in [7, 11) is 3.21. The van der Waals surface area contributed by atoms with Crippen LogP contribution in [-0.2, 0) is 29.3 Å². The molecular weight excluding hydrogens is 456 g/mol. The Kier molecular flexibility index (Phi) is 11.4. The third-order valence-electron chi connectivity index (χ3n) is 6.54. The highest BCUT2D eigenvalue weighted by atomic mass is 16.5. The van der Waals surface area contributed by atoms with Crippen LogP contribution in [0.5, 0.6) is 0 Å². The van der Waals surface area contributed by atoms with Gasteiger partial charge in [-0.1, -0.05) is 84.9 Å². The number of ether oxygens (including phenoxy) is 2. The number of likely N-dealkylation sites (N-methyl/N-ethyl adjacent to an activating group) is 1. The van der Waals surface area contributed by atoms with Gasteiger partial charge in [-0.05, 0) is 30.7 Å². The van der Waals surface area contributed by atoms with Crippen LogP contribution in [0.3, 0.4) is 0 Å². The van der Waals surface area contributed by atoms with E-state index in [1.165, 1.54) is 7.11 Å². The van der Waals surface area contributed by atoms with Gasteiger partial charge in [0.15, 0.2) is 0 Å². The van der Waals surface area contributed by atoms with Gasteiger partial charge in [-0.3, -0.25) is 9.59 Å². The molecule has 0 heterocycles. The second-order valence-electron chi connectivity index (χ2n) is 11.3. The van der Waals surface area contributed by atoms with Gasteiger partial charge in [-0.25, -0.2) is 4.79 Å². The predicted molar refractivity (Wildman–Crippen MR) is 143 cm³/mol. The highest BCUT2D eigenvalue weighted by Crippen LogP contribution is 2.30. The van der Waals surface area contributed by atoms with E-state index in [2.05, 4.69) is 5.32 Å². The summed E-state index contributed by atoms with van der Waals surface area (Å²) in [5, 5.41) is 2.99. The van der Waals surface area contributed by atoms with Crippen molar-refractivity contribution in [2.75, 3.05) is 20.8 Å². The van der Waals surface area contributed by atoms with Gasteiger partial charge in [-0.15, -0.1) is 0 Å². The van der Waals surface area contributed by atoms with Crippen LogP contribution in [0.1, 0.15) is 67.9 Å². The van der Waals surface area contributed by atoms with Crippen molar-refractivity contribution in [3.8, 4) is 0 Å². The molecule has 2 amide bonds. The minimum atomic E-state index is -0.810. The van der Waals surface area contributed by atoms with E-state index in [9.17, 15) is 14.4 Å². The topological polar surface area (TPSA) is 84.9 Å². The maximum Gasteiger partial charge on any atom is 0.333 e. The van der Waals surface area contributed by atoms with Crippen molar-refractivity contribution in [3.05, 3.63) is 47.5 Å². The Morgan fingerprint density at radius 3 is 2.06 bits per heavy atom. The lowest BCUT2D eigenvalue weighted by atomic mass is 9.78. The van der Waals surface area contributed by atoms with Crippen molar-refractivity contribution in [1.29, 1.82) is 0 Å². The summed E-state index contributed by atoms with van der Waals surface area (Å²) in [5.74, 6) is -0.971. The molecule has 1 rings (SSSR count). The first kappa shape index (κ1) is 31.4. The molecule has 36 heavy (non-hydrogen) atoms. The van der Waals surface area contributed by atoms with Gasteiger partial charge in [0.2, 0.25) is 5.91 Å². The Morgan fingerprint density at radius 2 is 1.61 bits per heavy atom. The molecule has 0 spiro atoms. The van der Waals surface area contributed by atoms with E-state index >= 15 is 0 Å². The first-order valence-electron chi connectivity index (χ1n) is 12.6. The second-order valence-corrected chi connectivity index (χ2v) is 11.3. The Hall–Kier alpha value is -2.67. The standard InChI is InChI=1S/C29H46N2O5/c1-12-36-27(34)20(4)18-22(19(2)3)31(10)26(33)23(28(5,6)7)30-25(32)24(35-11)29(8,9)21-16-14-13-15-17-21/h13-19,22-24H,12H2,1-11H3,(H,30,32)/t22-,23-,24+/m1/s1. The van der Waals surface area contributed by atoms with Crippen LogP contribution >= 0.6 is 0 Å². The number of hydrogen-bond donors (Lipinski definition) is 1. The molecule has 3 atom stereocenters. The fraction of sp³-hybridized carbons (Fsp3) is 0.621. The molecule has 0 saturated heterocycles. The lowest BCUT2D eigenvalue weighted by Gasteiger charge is -2.39. The molecule has 0 bridgehead atoms. The van der Waals surface area contributed by atoms with Gasteiger partial charge in [-0.2, -0.15) is 0 Å². The van der Waals surface area contributed by atoms with Crippen LogP contribution in [0.4, 0.5) is 0 Å². The molecule has 202 valence electrons. The third kappa shape index (κ3) is 7.92. The number of esters is 1. The number of hydrogen-bond acceptors (Lipinski definition) is 5. The molecule has 0 radical (unpaired) electrons. The molecule has 7 heteroatoms. The Bertz CT molecular complexity index is 915. The number of rotatable bonds is 11. The fourth-order valence-electron chi connectivity index (χ4n) is 4.29. The minimum Gasteiger partial charge on any atom is -0.463 e. The second kappa shape index (κ2) is 13.0. The molecule has 0 aliphatic heterocycles. The summed E-state index contributed by atoms with van der Waals surface area (Å²) >= 11 is 0. The molecule has 1 aromatic carbocycles. The normalized spacial score (nSPS) is 15.2. The zero-order valence-electron chi connectivity index (χ0n) is 24.0. The van der Waals surface area contributed by atoms with E-state index in [1.807, 2.05) is 78.8 Å². The van der Waals surface area contributed by atoms with Crippen molar-refractivity contribution in [1.82, 2.24) is 10.2 Å². The summed E-state index contributed by atoms with van der Waals surface area (Å²) in [4.78, 5) is 41.1. The van der Waals surface area contributed by atoms with Crippen LogP contribution in [0.25, 0.3) is 0 Å². The van der Waals surface area contributed by atoms with Crippen LogP contribution in [0.2, 0.25) is 0 Å². The quantitative estimate of drug-likeness (QED) is 0.356. The Labute approximate surface area is 217 Å². The SMILES string of the molecule is CCOC(=O)C(C)=C[C@H](C(C)C)N(C)C(=O)[C@@H](NC(=O)[C@H](OC)C(C)(C)c1ccccc1)C(C)(C)C. The molecule has 1 aromatic rings. The number of carbonyl (C=O) groups excluding carboxylic acids is 3. The zero-order valence-corrected chi connectivity index (χ0v) is 24.0. The third-order valence-corrected chi connectivity index (χ3v) is 6.54. The van der Waals surface area contributed by atoms with Crippen molar-refractivity contribution in [2.45, 2.75) is 85.9 Å². The van der Waals surface area contributed by atoms with Crippen molar-refractivity contribution >= 4 is 17.8 Å². The average molecular weight is 503 g/mol. The van der Waals surface area contributed by atoms with Crippen molar-refractivity contribution in [3.63, 3.8) is 0 Å². The van der Waals surface area contributed by atoms with Gasteiger partial charge in [0.05, 0.1) is 12.6 Å².